The van der Waals surface area contributed by atoms with Crippen molar-refractivity contribution in [3.05, 3.63) is 35.7 Å². The molecule has 0 unspecified atom stereocenters. The van der Waals surface area contributed by atoms with Crippen LogP contribution < -0.4 is 10.6 Å². The molecule has 1 aromatic carbocycles. The average molecular weight is 290 g/mol. The van der Waals surface area contributed by atoms with E-state index in [2.05, 4.69) is 48.0 Å². The molecule has 0 radical (unpaired) electrons. The van der Waals surface area contributed by atoms with Crippen LogP contribution in [0.2, 0.25) is 0 Å². The number of hydrogen-bond donors (Lipinski definition) is 1. The predicted molar refractivity (Wildman–Crippen MR) is 86.2 cm³/mol. The van der Waals surface area contributed by atoms with Crippen molar-refractivity contribution in [1.82, 2.24) is 9.36 Å². The highest BCUT2D eigenvalue weighted by atomic mass is 32.1. The normalized spacial score (nSPS) is 11.3. The first-order valence-electron chi connectivity index (χ1n) is 6.92. The summed E-state index contributed by atoms with van der Waals surface area (Å²) >= 11 is 1.47. The van der Waals surface area contributed by atoms with E-state index in [0.717, 1.165) is 23.2 Å². The number of nitrogen functional groups attached to an aromatic ring is 1. The van der Waals surface area contributed by atoms with Gasteiger partial charge in [-0.2, -0.15) is 4.37 Å². The first-order chi connectivity index (χ1) is 9.47. The fourth-order valence-corrected chi connectivity index (χ4v) is 2.88. The van der Waals surface area contributed by atoms with E-state index < -0.39 is 0 Å². The molecule has 0 aliphatic carbocycles. The Hall–Kier alpha value is -1.62. The van der Waals surface area contributed by atoms with Gasteiger partial charge in [0.25, 0.3) is 0 Å². The van der Waals surface area contributed by atoms with Crippen LogP contribution in [0.25, 0.3) is 0 Å². The van der Waals surface area contributed by atoms with Crippen LogP contribution in [-0.4, -0.2) is 15.4 Å². The molecule has 5 heteroatoms. The molecule has 2 rings (SSSR count). The van der Waals surface area contributed by atoms with E-state index >= 15 is 0 Å². The molecule has 0 fully saturated rings. The molecule has 1 heterocycles. The third-order valence-electron chi connectivity index (χ3n) is 3.12. The second-order valence-electron chi connectivity index (χ2n) is 5.56. The zero-order valence-electron chi connectivity index (χ0n) is 12.5. The molecule has 2 aromatic rings. The fourth-order valence-electron chi connectivity index (χ4n) is 1.94. The minimum absolute atomic E-state index is 0.362. The maximum atomic E-state index is 5.85. The third kappa shape index (κ3) is 3.48. The van der Waals surface area contributed by atoms with Gasteiger partial charge < -0.3 is 10.6 Å². The van der Waals surface area contributed by atoms with Crippen molar-refractivity contribution >= 4 is 22.4 Å². The minimum Gasteiger partial charge on any atom is -0.399 e. The molecule has 0 saturated heterocycles. The smallest absolute Gasteiger partial charge is 0.205 e. The molecule has 0 atom stereocenters. The molecule has 0 amide bonds. The van der Waals surface area contributed by atoms with Crippen molar-refractivity contribution in [3.8, 4) is 0 Å². The molecule has 0 aliphatic rings. The van der Waals surface area contributed by atoms with Gasteiger partial charge in [0, 0.05) is 35.7 Å². The maximum Gasteiger partial charge on any atom is 0.205 e. The van der Waals surface area contributed by atoms with Gasteiger partial charge >= 0.3 is 0 Å². The molecule has 2 N–H and O–H groups in total. The number of aromatic nitrogens is 2. The maximum absolute atomic E-state index is 5.85. The second-order valence-corrected chi connectivity index (χ2v) is 6.29. The van der Waals surface area contributed by atoms with Gasteiger partial charge in [-0.05, 0) is 31.5 Å². The second kappa shape index (κ2) is 6.22. The SMILES string of the molecule is CC(C)c1nsc(N(Cc2cccc(N)c2)C(C)C)n1. The van der Waals surface area contributed by atoms with Crippen molar-refractivity contribution < 1.29 is 0 Å². The Morgan fingerprint density at radius 2 is 2.00 bits per heavy atom. The molecule has 0 saturated carbocycles. The summed E-state index contributed by atoms with van der Waals surface area (Å²) in [6.07, 6.45) is 0. The van der Waals surface area contributed by atoms with Crippen LogP contribution in [0.1, 0.15) is 45.0 Å². The lowest BCUT2D eigenvalue weighted by Gasteiger charge is -2.25. The summed E-state index contributed by atoms with van der Waals surface area (Å²) < 4.78 is 4.44. The lowest BCUT2D eigenvalue weighted by molar-refractivity contribution is 0.675. The van der Waals surface area contributed by atoms with Crippen LogP contribution in [-0.2, 0) is 6.54 Å². The molecule has 1 aromatic heterocycles. The van der Waals surface area contributed by atoms with E-state index in [1.807, 2.05) is 18.2 Å². The van der Waals surface area contributed by atoms with Crippen molar-refractivity contribution in [1.29, 1.82) is 0 Å². The van der Waals surface area contributed by atoms with Gasteiger partial charge in [0.1, 0.15) is 5.82 Å². The quantitative estimate of drug-likeness (QED) is 0.854. The average Bonchev–Trinajstić information content (AvgIpc) is 2.85. The fraction of sp³-hybridized carbons (Fsp3) is 0.467. The first-order valence-corrected chi connectivity index (χ1v) is 7.69. The van der Waals surface area contributed by atoms with Crippen LogP contribution in [0.4, 0.5) is 10.8 Å². The molecule has 4 nitrogen and oxygen atoms in total. The number of hydrogen-bond acceptors (Lipinski definition) is 5. The Morgan fingerprint density at radius 1 is 1.25 bits per heavy atom. The Bertz CT molecular complexity index is 563. The van der Waals surface area contributed by atoms with E-state index in [-0.39, 0.29) is 0 Å². The summed E-state index contributed by atoms with van der Waals surface area (Å²) in [6.45, 7) is 9.37. The summed E-state index contributed by atoms with van der Waals surface area (Å²) in [5.74, 6) is 1.28. The van der Waals surface area contributed by atoms with Crippen molar-refractivity contribution in [2.75, 3.05) is 10.6 Å². The summed E-state index contributed by atoms with van der Waals surface area (Å²) in [4.78, 5) is 6.91. The van der Waals surface area contributed by atoms with Crippen LogP contribution in [0.5, 0.6) is 0 Å². The third-order valence-corrected chi connectivity index (χ3v) is 3.89. The van der Waals surface area contributed by atoms with E-state index in [1.165, 1.54) is 17.1 Å². The van der Waals surface area contributed by atoms with Gasteiger partial charge in [-0.25, -0.2) is 4.98 Å². The molecule has 0 aliphatic heterocycles. The Kier molecular flexibility index (Phi) is 4.60. The number of nitrogens with two attached hydrogens (primary N) is 1. The zero-order valence-corrected chi connectivity index (χ0v) is 13.3. The van der Waals surface area contributed by atoms with Crippen molar-refractivity contribution in [2.24, 2.45) is 0 Å². The first kappa shape index (κ1) is 14.8. The highest BCUT2D eigenvalue weighted by molar-refractivity contribution is 7.09. The largest absolute Gasteiger partial charge is 0.399 e. The lowest BCUT2D eigenvalue weighted by atomic mass is 10.2. The Labute approximate surface area is 124 Å². The van der Waals surface area contributed by atoms with Gasteiger partial charge in [0.05, 0.1) is 0 Å². The van der Waals surface area contributed by atoms with Gasteiger partial charge in [-0.15, -0.1) is 0 Å². The van der Waals surface area contributed by atoms with Gasteiger partial charge in [-0.3, -0.25) is 0 Å². The topological polar surface area (TPSA) is 55.0 Å². The van der Waals surface area contributed by atoms with Gasteiger partial charge in [0.2, 0.25) is 5.13 Å². The lowest BCUT2D eigenvalue weighted by Crippen LogP contribution is -2.30. The summed E-state index contributed by atoms with van der Waals surface area (Å²) in [7, 11) is 0. The summed E-state index contributed by atoms with van der Waals surface area (Å²) in [5, 5.41) is 0.978. The molecular formula is C15H22N4S. The molecule has 108 valence electrons. The molecule has 0 spiro atoms. The summed E-state index contributed by atoms with van der Waals surface area (Å²) in [5.41, 5.74) is 7.84. The van der Waals surface area contributed by atoms with Crippen LogP contribution >= 0.6 is 11.5 Å². The van der Waals surface area contributed by atoms with Crippen LogP contribution in [0, 0.1) is 0 Å². The van der Waals surface area contributed by atoms with Crippen LogP contribution in [0.3, 0.4) is 0 Å². The van der Waals surface area contributed by atoms with E-state index in [9.17, 15) is 0 Å². The van der Waals surface area contributed by atoms with Gasteiger partial charge in [-0.1, -0.05) is 26.0 Å². The molecule has 20 heavy (non-hydrogen) atoms. The summed E-state index contributed by atoms with van der Waals surface area (Å²) in [6, 6.07) is 8.37. The standard InChI is InChI=1S/C15H22N4S/c1-10(2)14-17-15(20-18-14)19(11(3)4)9-12-6-5-7-13(16)8-12/h5-8,10-11H,9,16H2,1-4H3. The molecule has 0 bridgehead atoms. The van der Waals surface area contributed by atoms with Crippen molar-refractivity contribution in [2.45, 2.75) is 46.2 Å². The van der Waals surface area contributed by atoms with E-state index in [0.29, 0.717) is 12.0 Å². The highest BCUT2D eigenvalue weighted by Crippen LogP contribution is 2.25. The van der Waals surface area contributed by atoms with Crippen LogP contribution in [0.15, 0.2) is 24.3 Å². The highest BCUT2D eigenvalue weighted by Gasteiger charge is 2.17. The number of nitrogens with zero attached hydrogens (tertiary/aromatic N) is 3. The van der Waals surface area contributed by atoms with E-state index in [4.69, 9.17) is 5.73 Å². The minimum atomic E-state index is 0.362. The molecular weight excluding hydrogens is 268 g/mol. The number of anilines is 2. The Balaban J connectivity index is 2.22. The predicted octanol–water partition coefficient (Wildman–Crippen LogP) is 3.66. The van der Waals surface area contributed by atoms with E-state index in [1.54, 1.807) is 0 Å². The van der Waals surface area contributed by atoms with Crippen molar-refractivity contribution in [3.63, 3.8) is 0 Å². The monoisotopic (exact) mass is 290 g/mol. The number of benzene rings is 1. The number of rotatable bonds is 5. The Morgan fingerprint density at radius 3 is 2.55 bits per heavy atom. The van der Waals surface area contributed by atoms with Gasteiger partial charge in [0.15, 0.2) is 0 Å². The zero-order chi connectivity index (χ0) is 14.7.